The van der Waals surface area contributed by atoms with Crippen LogP contribution in [0, 0.1) is 0 Å². The van der Waals surface area contributed by atoms with E-state index in [2.05, 4.69) is 64.7 Å². The van der Waals surface area contributed by atoms with Gasteiger partial charge in [0.25, 0.3) is 0 Å². The molecular weight excluding hydrogens is 284 g/mol. The standard InChI is InChI=1S/C20H22N2O/c1-23-20-11-10-17(16-6-3-2-4-7-16)14-19(20)22-13-12-21(15-22)18-8-5-9-18/h2-4,6-7,10-14,18H,5,8-9,15H2,1H3. The molecule has 1 fully saturated rings. The molecule has 23 heavy (non-hydrogen) atoms. The molecule has 0 unspecified atom stereocenters. The molecule has 1 heterocycles. The highest BCUT2D eigenvalue weighted by atomic mass is 16.5. The Hall–Kier alpha value is -2.42. The lowest BCUT2D eigenvalue weighted by molar-refractivity contribution is 0.197. The predicted octanol–water partition coefficient (Wildman–Crippen LogP) is 4.47. The summed E-state index contributed by atoms with van der Waals surface area (Å²) in [6.45, 7) is 0.916. The van der Waals surface area contributed by atoms with Crippen molar-refractivity contribution in [1.29, 1.82) is 0 Å². The monoisotopic (exact) mass is 306 g/mol. The fraction of sp³-hybridized carbons (Fsp3) is 0.300. The van der Waals surface area contributed by atoms with Gasteiger partial charge in [-0.15, -0.1) is 0 Å². The first-order valence-electron chi connectivity index (χ1n) is 8.29. The topological polar surface area (TPSA) is 15.7 Å². The van der Waals surface area contributed by atoms with Gasteiger partial charge in [-0.3, -0.25) is 0 Å². The largest absolute Gasteiger partial charge is 0.495 e. The predicted molar refractivity (Wildman–Crippen MR) is 94.4 cm³/mol. The van der Waals surface area contributed by atoms with Crippen molar-refractivity contribution in [3.8, 4) is 16.9 Å². The molecule has 1 aliphatic carbocycles. The van der Waals surface area contributed by atoms with Crippen molar-refractivity contribution < 1.29 is 4.74 Å². The van der Waals surface area contributed by atoms with E-state index >= 15 is 0 Å². The van der Waals surface area contributed by atoms with Gasteiger partial charge in [-0.1, -0.05) is 36.4 Å². The lowest BCUT2D eigenvalue weighted by atomic mass is 9.92. The van der Waals surface area contributed by atoms with Crippen LogP contribution in [0.2, 0.25) is 0 Å². The van der Waals surface area contributed by atoms with Gasteiger partial charge in [0.1, 0.15) is 5.75 Å². The van der Waals surface area contributed by atoms with Crippen LogP contribution in [0.25, 0.3) is 11.1 Å². The molecule has 118 valence electrons. The van der Waals surface area contributed by atoms with Crippen LogP contribution in [0.4, 0.5) is 5.69 Å². The first-order chi connectivity index (χ1) is 11.3. The molecule has 1 saturated carbocycles. The Bertz CT molecular complexity index is 707. The highest BCUT2D eigenvalue weighted by Gasteiger charge is 2.27. The van der Waals surface area contributed by atoms with E-state index in [0.29, 0.717) is 0 Å². The molecule has 4 rings (SSSR count). The normalized spacial score (nSPS) is 17.4. The molecule has 2 aliphatic rings. The smallest absolute Gasteiger partial charge is 0.142 e. The summed E-state index contributed by atoms with van der Waals surface area (Å²) in [5, 5.41) is 0. The third-order valence-electron chi connectivity index (χ3n) is 4.89. The van der Waals surface area contributed by atoms with Crippen LogP contribution >= 0.6 is 0 Å². The Morgan fingerprint density at radius 1 is 0.957 bits per heavy atom. The van der Waals surface area contributed by atoms with Crippen molar-refractivity contribution >= 4 is 5.69 Å². The van der Waals surface area contributed by atoms with Gasteiger partial charge in [0.2, 0.25) is 0 Å². The van der Waals surface area contributed by atoms with Crippen molar-refractivity contribution in [2.75, 3.05) is 18.7 Å². The second-order valence-corrected chi connectivity index (χ2v) is 6.26. The van der Waals surface area contributed by atoms with Crippen LogP contribution in [0.1, 0.15) is 19.3 Å². The number of nitrogens with zero attached hydrogens (tertiary/aromatic N) is 2. The number of methoxy groups -OCH3 is 1. The number of anilines is 1. The van der Waals surface area contributed by atoms with Crippen molar-refractivity contribution in [1.82, 2.24) is 4.90 Å². The van der Waals surface area contributed by atoms with E-state index in [-0.39, 0.29) is 0 Å². The first-order valence-corrected chi connectivity index (χ1v) is 8.29. The molecule has 0 saturated heterocycles. The Morgan fingerprint density at radius 2 is 1.78 bits per heavy atom. The molecule has 2 aromatic carbocycles. The van der Waals surface area contributed by atoms with Crippen LogP contribution in [-0.4, -0.2) is 24.7 Å². The maximum Gasteiger partial charge on any atom is 0.142 e. The van der Waals surface area contributed by atoms with Gasteiger partial charge < -0.3 is 14.5 Å². The number of hydrogen-bond donors (Lipinski definition) is 0. The second-order valence-electron chi connectivity index (χ2n) is 6.26. The minimum atomic E-state index is 0.722. The summed E-state index contributed by atoms with van der Waals surface area (Å²) in [6.07, 6.45) is 8.39. The van der Waals surface area contributed by atoms with Crippen LogP contribution in [-0.2, 0) is 0 Å². The Morgan fingerprint density at radius 3 is 2.48 bits per heavy atom. The van der Waals surface area contributed by atoms with Crippen molar-refractivity contribution in [2.24, 2.45) is 0 Å². The van der Waals surface area contributed by atoms with E-state index in [1.54, 1.807) is 7.11 Å². The summed E-state index contributed by atoms with van der Waals surface area (Å²) in [6, 6.07) is 17.6. The van der Waals surface area contributed by atoms with E-state index in [0.717, 1.165) is 24.1 Å². The summed E-state index contributed by atoms with van der Waals surface area (Å²) < 4.78 is 5.59. The van der Waals surface area contributed by atoms with Crippen LogP contribution in [0.3, 0.4) is 0 Å². The number of benzene rings is 2. The maximum atomic E-state index is 5.59. The maximum absolute atomic E-state index is 5.59. The highest BCUT2D eigenvalue weighted by molar-refractivity contribution is 5.73. The Labute approximate surface area is 137 Å². The molecular formula is C20H22N2O. The number of ether oxygens (including phenoxy) is 1. The lowest BCUT2D eigenvalue weighted by Crippen LogP contribution is -2.38. The Kier molecular flexibility index (Phi) is 3.70. The molecule has 0 radical (unpaired) electrons. The molecule has 0 spiro atoms. The van der Waals surface area contributed by atoms with Crippen molar-refractivity contribution in [3.63, 3.8) is 0 Å². The van der Waals surface area contributed by atoms with E-state index in [1.165, 1.54) is 30.4 Å². The van der Waals surface area contributed by atoms with Gasteiger partial charge in [0.15, 0.2) is 0 Å². The lowest BCUT2D eigenvalue weighted by Gasteiger charge is -2.35. The molecule has 2 aromatic rings. The summed E-state index contributed by atoms with van der Waals surface area (Å²) >= 11 is 0. The van der Waals surface area contributed by atoms with Gasteiger partial charge in [0.05, 0.1) is 19.5 Å². The molecule has 0 amide bonds. The van der Waals surface area contributed by atoms with E-state index in [9.17, 15) is 0 Å². The summed E-state index contributed by atoms with van der Waals surface area (Å²) in [7, 11) is 1.74. The SMILES string of the molecule is COc1ccc(-c2ccccc2)cc1N1C=CN(C2CCC2)C1. The minimum Gasteiger partial charge on any atom is -0.495 e. The summed E-state index contributed by atoms with van der Waals surface area (Å²) in [5.74, 6) is 0.921. The van der Waals surface area contributed by atoms with Gasteiger partial charge in [0, 0.05) is 18.4 Å². The average molecular weight is 306 g/mol. The van der Waals surface area contributed by atoms with Gasteiger partial charge in [-0.2, -0.15) is 0 Å². The van der Waals surface area contributed by atoms with Gasteiger partial charge in [-0.25, -0.2) is 0 Å². The van der Waals surface area contributed by atoms with Gasteiger partial charge in [-0.05, 0) is 42.5 Å². The third-order valence-corrected chi connectivity index (χ3v) is 4.89. The van der Waals surface area contributed by atoms with Crippen LogP contribution in [0.15, 0.2) is 60.9 Å². The van der Waals surface area contributed by atoms with Crippen LogP contribution in [0.5, 0.6) is 5.75 Å². The zero-order chi connectivity index (χ0) is 15.6. The van der Waals surface area contributed by atoms with E-state index in [4.69, 9.17) is 4.74 Å². The minimum absolute atomic E-state index is 0.722. The fourth-order valence-corrected chi connectivity index (χ4v) is 3.27. The number of rotatable bonds is 4. The molecule has 0 N–H and O–H groups in total. The number of hydrogen-bond acceptors (Lipinski definition) is 3. The van der Waals surface area contributed by atoms with Gasteiger partial charge >= 0.3 is 0 Å². The molecule has 0 aromatic heterocycles. The molecule has 3 nitrogen and oxygen atoms in total. The fourth-order valence-electron chi connectivity index (χ4n) is 3.27. The summed E-state index contributed by atoms with van der Waals surface area (Å²) in [5.41, 5.74) is 3.58. The van der Waals surface area contributed by atoms with Crippen molar-refractivity contribution in [3.05, 3.63) is 60.9 Å². The average Bonchev–Trinajstić information content (AvgIpc) is 3.02. The second kappa shape index (κ2) is 5.99. The van der Waals surface area contributed by atoms with E-state index in [1.807, 2.05) is 6.07 Å². The molecule has 0 atom stereocenters. The first kappa shape index (κ1) is 14.2. The quantitative estimate of drug-likeness (QED) is 0.829. The molecule has 3 heteroatoms. The zero-order valence-corrected chi connectivity index (χ0v) is 13.5. The van der Waals surface area contributed by atoms with Crippen LogP contribution < -0.4 is 9.64 Å². The third kappa shape index (κ3) is 2.67. The van der Waals surface area contributed by atoms with Crippen molar-refractivity contribution in [2.45, 2.75) is 25.3 Å². The molecule has 0 bridgehead atoms. The van der Waals surface area contributed by atoms with E-state index < -0.39 is 0 Å². The molecule has 1 aliphatic heterocycles. The summed E-state index contributed by atoms with van der Waals surface area (Å²) in [4.78, 5) is 4.72. The highest BCUT2D eigenvalue weighted by Crippen LogP contribution is 2.36. The zero-order valence-electron chi connectivity index (χ0n) is 13.5. The Balaban J connectivity index is 1.63.